The third-order valence-corrected chi connectivity index (χ3v) is 1.08. The van der Waals surface area contributed by atoms with Crippen LogP contribution in [0.4, 0.5) is 0 Å². The minimum atomic E-state index is -0.765. The van der Waals surface area contributed by atoms with E-state index in [1.165, 1.54) is 0 Å². The first-order chi connectivity index (χ1) is 6.62. The Kier molecular flexibility index (Phi) is 13.9. The van der Waals surface area contributed by atoms with Crippen molar-refractivity contribution in [3.63, 3.8) is 0 Å². The topological polar surface area (TPSA) is 113 Å². The summed E-state index contributed by atoms with van der Waals surface area (Å²) >= 11 is 0. The number of nitrogens with two attached hydrogens (primary N) is 1. The molecule has 0 aliphatic heterocycles. The molecule has 86 valence electrons. The van der Waals surface area contributed by atoms with Crippen LogP contribution in [0.3, 0.4) is 0 Å². The van der Waals surface area contributed by atoms with E-state index in [2.05, 4.69) is 4.74 Å². The molecule has 0 radical (unpaired) electrons. The molecule has 14 heavy (non-hydrogen) atoms. The van der Waals surface area contributed by atoms with Crippen molar-refractivity contribution >= 4 is 5.97 Å². The Morgan fingerprint density at radius 2 is 1.93 bits per heavy atom. The van der Waals surface area contributed by atoms with Gasteiger partial charge < -0.3 is 25.8 Å². The molecule has 1 atom stereocenters. The van der Waals surface area contributed by atoms with Gasteiger partial charge in [-0.3, -0.25) is 4.79 Å². The second kappa shape index (κ2) is 12.3. The van der Waals surface area contributed by atoms with E-state index in [9.17, 15) is 4.79 Å². The van der Waals surface area contributed by atoms with Crippen molar-refractivity contribution in [2.45, 2.75) is 19.4 Å². The lowest BCUT2D eigenvalue weighted by molar-refractivity contribution is -0.145. The summed E-state index contributed by atoms with van der Waals surface area (Å²) in [5.74, 6) is -0.402. The van der Waals surface area contributed by atoms with Crippen LogP contribution in [0, 0.1) is 0 Å². The number of rotatable bonds is 5. The van der Waals surface area contributed by atoms with Crippen molar-refractivity contribution in [2.24, 2.45) is 5.73 Å². The Balaban J connectivity index is 0. The maximum absolute atomic E-state index is 10.6. The smallest absolute Gasteiger partial charge is 0.308 e. The van der Waals surface area contributed by atoms with Crippen molar-refractivity contribution in [3.05, 3.63) is 0 Å². The lowest BCUT2D eigenvalue weighted by atomic mass is 10.2. The number of carbonyl (C=O) groups is 1. The molecule has 0 spiro atoms. The number of hydrogen-bond acceptors (Lipinski definition) is 6. The van der Waals surface area contributed by atoms with Gasteiger partial charge in [-0.2, -0.15) is 0 Å². The average molecular weight is 209 g/mol. The normalized spacial score (nSPS) is 11.2. The summed E-state index contributed by atoms with van der Waals surface area (Å²) < 4.78 is 4.56. The quantitative estimate of drug-likeness (QED) is 0.399. The third-order valence-electron chi connectivity index (χ3n) is 1.08. The highest BCUT2D eigenvalue weighted by Gasteiger charge is 2.08. The van der Waals surface area contributed by atoms with Gasteiger partial charge in [0, 0.05) is 6.54 Å². The fourth-order valence-corrected chi connectivity index (χ4v) is 0.496. The summed E-state index contributed by atoms with van der Waals surface area (Å²) in [5.41, 5.74) is 5.06. The molecule has 0 saturated heterocycles. The van der Waals surface area contributed by atoms with E-state index in [0.29, 0.717) is 6.61 Å². The van der Waals surface area contributed by atoms with Crippen LogP contribution in [-0.2, 0) is 9.53 Å². The minimum Gasteiger partial charge on any atom is -0.466 e. The van der Waals surface area contributed by atoms with Crippen LogP contribution in [0.5, 0.6) is 0 Å². The first-order valence-electron chi connectivity index (χ1n) is 4.37. The Morgan fingerprint density at radius 1 is 1.43 bits per heavy atom. The summed E-state index contributed by atoms with van der Waals surface area (Å²) in [6, 6.07) is 0. The molecular formula is C8H19NO5. The highest BCUT2D eigenvalue weighted by atomic mass is 16.5. The number of hydrogen-bond donors (Lipinski definition) is 4. The number of esters is 1. The highest BCUT2D eigenvalue weighted by molar-refractivity contribution is 5.69. The fourth-order valence-electron chi connectivity index (χ4n) is 0.496. The van der Waals surface area contributed by atoms with Gasteiger partial charge in [-0.1, -0.05) is 0 Å². The molecule has 5 N–H and O–H groups in total. The molecule has 6 nitrogen and oxygen atoms in total. The van der Waals surface area contributed by atoms with Crippen LogP contribution >= 0.6 is 0 Å². The Morgan fingerprint density at radius 3 is 2.21 bits per heavy atom. The molecule has 0 amide bonds. The molecule has 1 unspecified atom stereocenters. The van der Waals surface area contributed by atoms with Gasteiger partial charge in [0.15, 0.2) is 0 Å². The van der Waals surface area contributed by atoms with E-state index in [1.807, 2.05) is 0 Å². The molecule has 0 bridgehead atoms. The second-order valence-corrected chi connectivity index (χ2v) is 2.35. The lowest BCUT2D eigenvalue weighted by Crippen LogP contribution is -2.23. The first-order valence-corrected chi connectivity index (χ1v) is 4.37. The van der Waals surface area contributed by atoms with Crippen LogP contribution in [-0.4, -0.2) is 53.8 Å². The SMILES string of the molecule is CCOC(=O)CC(O)CN.OCCO. The largest absolute Gasteiger partial charge is 0.466 e. The van der Waals surface area contributed by atoms with Gasteiger partial charge in [0.2, 0.25) is 0 Å². The monoisotopic (exact) mass is 209 g/mol. The Labute approximate surface area is 83.3 Å². The second-order valence-electron chi connectivity index (χ2n) is 2.35. The zero-order valence-corrected chi connectivity index (χ0v) is 8.35. The average Bonchev–Trinajstić information content (AvgIpc) is 2.18. The molecule has 6 heteroatoms. The lowest BCUT2D eigenvalue weighted by Gasteiger charge is -2.05. The number of carbonyl (C=O) groups excluding carboxylic acids is 1. The van der Waals surface area contributed by atoms with Gasteiger partial charge in [0.05, 0.1) is 32.3 Å². The minimum absolute atomic E-state index is 0.00958. The first kappa shape index (κ1) is 15.8. The maximum atomic E-state index is 10.6. The standard InChI is InChI=1S/C6H13NO3.C2H6O2/c1-2-10-6(9)3-5(8)4-7;3-1-2-4/h5,8H,2-4,7H2,1H3;3-4H,1-2H2. The van der Waals surface area contributed by atoms with Crippen LogP contribution < -0.4 is 5.73 Å². The van der Waals surface area contributed by atoms with Crippen molar-refractivity contribution in [3.8, 4) is 0 Å². The van der Waals surface area contributed by atoms with Crippen molar-refractivity contribution < 1.29 is 24.9 Å². The number of aliphatic hydroxyl groups is 3. The van der Waals surface area contributed by atoms with Crippen LogP contribution in [0.15, 0.2) is 0 Å². The van der Waals surface area contributed by atoms with E-state index in [-0.39, 0.29) is 26.2 Å². The molecule has 0 aromatic carbocycles. The predicted octanol–water partition coefficient (Wildman–Crippen LogP) is -1.77. The molecule has 0 saturated carbocycles. The maximum Gasteiger partial charge on any atom is 0.308 e. The molecule has 0 fully saturated rings. The van der Waals surface area contributed by atoms with Crippen molar-refractivity contribution in [1.82, 2.24) is 0 Å². The molecule has 0 aliphatic carbocycles. The van der Waals surface area contributed by atoms with E-state index in [4.69, 9.17) is 21.1 Å². The highest BCUT2D eigenvalue weighted by Crippen LogP contribution is 1.91. The molecule has 0 aliphatic rings. The summed E-state index contributed by atoms with van der Waals surface area (Å²) in [4.78, 5) is 10.6. The molecular weight excluding hydrogens is 190 g/mol. The van der Waals surface area contributed by atoms with E-state index >= 15 is 0 Å². The van der Waals surface area contributed by atoms with Gasteiger partial charge in [0.25, 0.3) is 0 Å². The molecule has 0 aromatic heterocycles. The van der Waals surface area contributed by atoms with Gasteiger partial charge in [-0.25, -0.2) is 0 Å². The summed E-state index contributed by atoms with van der Waals surface area (Å²) in [6.45, 7) is 1.90. The summed E-state index contributed by atoms with van der Waals surface area (Å²) in [7, 11) is 0. The molecule has 0 heterocycles. The Hall–Kier alpha value is -0.690. The molecule has 0 rings (SSSR count). The van der Waals surface area contributed by atoms with Crippen LogP contribution in [0.25, 0.3) is 0 Å². The molecule has 0 aromatic rings. The fraction of sp³-hybridized carbons (Fsp3) is 0.875. The van der Waals surface area contributed by atoms with Crippen molar-refractivity contribution in [2.75, 3.05) is 26.4 Å². The summed E-state index contributed by atoms with van der Waals surface area (Å²) in [6.07, 6.45) is -0.774. The number of ether oxygens (including phenoxy) is 1. The van der Waals surface area contributed by atoms with Gasteiger partial charge in [-0.05, 0) is 6.92 Å². The van der Waals surface area contributed by atoms with Crippen molar-refractivity contribution in [1.29, 1.82) is 0 Å². The number of aliphatic hydroxyl groups excluding tert-OH is 3. The van der Waals surface area contributed by atoms with E-state index in [0.717, 1.165) is 0 Å². The third kappa shape index (κ3) is 13.9. The Bertz CT molecular complexity index is 129. The van der Waals surface area contributed by atoms with Gasteiger partial charge >= 0.3 is 5.97 Å². The zero-order valence-electron chi connectivity index (χ0n) is 8.35. The van der Waals surface area contributed by atoms with Crippen LogP contribution in [0.2, 0.25) is 0 Å². The van der Waals surface area contributed by atoms with Crippen LogP contribution in [0.1, 0.15) is 13.3 Å². The van der Waals surface area contributed by atoms with Gasteiger partial charge in [0.1, 0.15) is 0 Å². The van der Waals surface area contributed by atoms with E-state index < -0.39 is 12.1 Å². The van der Waals surface area contributed by atoms with Gasteiger partial charge in [-0.15, -0.1) is 0 Å². The van der Waals surface area contributed by atoms with E-state index in [1.54, 1.807) is 6.92 Å². The predicted molar refractivity (Wildman–Crippen MR) is 50.5 cm³/mol. The summed E-state index contributed by atoms with van der Waals surface area (Å²) in [5, 5.41) is 24.1. The zero-order chi connectivity index (χ0) is 11.4.